The van der Waals surface area contributed by atoms with E-state index in [2.05, 4.69) is 10.1 Å². The molecule has 1 fully saturated rings. The number of hydrogen-bond acceptors (Lipinski definition) is 5. The fourth-order valence-corrected chi connectivity index (χ4v) is 1.85. The van der Waals surface area contributed by atoms with Crippen LogP contribution in [0.1, 0.15) is 29.1 Å². The Hall–Kier alpha value is -1.43. The number of aliphatic hydroxyl groups excluding tert-OH is 1. The van der Waals surface area contributed by atoms with E-state index in [0.29, 0.717) is 12.2 Å². The van der Waals surface area contributed by atoms with Crippen LogP contribution in [0.4, 0.5) is 0 Å². The predicted molar refractivity (Wildman–Crippen MR) is 65.1 cm³/mol. The van der Waals surface area contributed by atoms with Crippen molar-refractivity contribution in [3.05, 3.63) is 35.4 Å². The molecule has 0 spiro atoms. The van der Waals surface area contributed by atoms with Crippen molar-refractivity contribution in [2.75, 3.05) is 20.3 Å². The van der Waals surface area contributed by atoms with Gasteiger partial charge in [-0.15, -0.1) is 0 Å². The summed E-state index contributed by atoms with van der Waals surface area (Å²) in [5, 5.41) is 12.4. The SMILES string of the molecule is COC(=O)c1ccc([C@H]2N[C@](C)(CO)CO2)cc1. The molecule has 0 aromatic heterocycles. The van der Waals surface area contributed by atoms with E-state index in [1.165, 1.54) is 7.11 Å². The van der Waals surface area contributed by atoms with Crippen LogP contribution in [0.25, 0.3) is 0 Å². The molecule has 5 heteroatoms. The largest absolute Gasteiger partial charge is 0.465 e. The molecule has 1 aliphatic heterocycles. The molecule has 1 heterocycles. The van der Waals surface area contributed by atoms with Gasteiger partial charge in [0.05, 0.1) is 31.4 Å². The molecule has 0 amide bonds. The number of ether oxygens (including phenoxy) is 2. The lowest BCUT2D eigenvalue weighted by molar-refractivity contribution is 0.0600. The molecular weight excluding hydrogens is 234 g/mol. The molecule has 0 radical (unpaired) electrons. The summed E-state index contributed by atoms with van der Waals surface area (Å²) in [5.74, 6) is -0.359. The lowest BCUT2D eigenvalue weighted by Gasteiger charge is -2.20. The number of rotatable bonds is 3. The third kappa shape index (κ3) is 2.53. The van der Waals surface area contributed by atoms with E-state index >= 15 is 0 Å². The first kappa shape index (κ1) is 13.0. The molecule has 0 saturated carbocycles. The van der Waals surface area contributed by atoms with Crippen molar-refractivity contribution < 1.29 is 19.4 Å². The van der Waals surface area contributed by atoms with Crippen LogP contribution in [0, 0.1) is 0 Å². The van der Waals surface area contributed by atoms with Gasteiger partial charge in [0.1, 0.15) is 6.23 Å². The molecule has 2 rings (SSSR count). The number of carbonyl (C=O) groups excluding carboxylic acids is 1. The lowest BCUT2D eigenvalue weighted by atomic mass is 10.1. The zero-order valence-electron chi connectivity index (χ0n) is 10.5. The standard InChI is InChI=1S/C13H17NO4/c1-13(7-15)8-18-11(14-13)9-3-5-10(6-4-9)12(16)17-2/h3-6,11,14-15H,7-8H2,1-2H3/t11-,13+/m0/s1. The average molecular weight is 251 g/mol. The number of esters is 1. The van der Waals surface area contributed by atoms with Crippen molar-refractivity contribution in [1.82, 2.24) is 5.32 Å². The van der Waals surface area contributed by atoms with Crippen LogP contribution >= 0.6 is 0 Å². The van der Waals surface area contributed by atoms with Gasteiger partial charge >= 0.3 is 5.97 Å². The highest BCUT2D eigenvalue weighted by Gasteiger charge is 2.35. The minimum atomic E-state index is -0.411. The Bertz CT molecular complexity index is 431. The second kappa shape index (κ2) is 5.06. The fraction of sp³-hybridized carbons (Fsp3) is 0.462. The van der Waals surface area contributed by atoms with Gasteiger partial charge < -0.3 is 14.6 Å². The van der Waals surface area contributed by atoms with Gasteiger partial charge in [0.25, 0.3) is 0 Å². The van der Waals surface area contributed by atoms with Crippen LogP contribution in [0.5, 0.6) is 0 Å². The van der Waals surface area contributed by atoms with Crippen LogP contribution in [-0.2, 0) is 9.47 Å². The maximum Gasteiger partial charge on any atom is 0.337 e. The number of benzene rings is 1. The van der Waals surface area contributed by atoms with Gasteiger partial charge in [-0.2, -0.15) is 0 Å². The van der Waals surface area contributed by atoms with Gasteiger partial charge in [-0.25, -0.2) is 4.79 Å². The second-order valence-corrected chi connectivity index (χ2v) is 4.67. The monoisotopic (exact) mass is 251 g/mol. The quantitative estimate of drug-likeness (QED) is 0.779. The Morgan fingerprint density at radius 2 is 2.22 bits per heavy atom. The van der Waals surface area contributed by atoms with E-state index < -0.39 is 5.54 Å². The second-order valence-electron chi connectivity index (χ2n) is 4.67. The summed E-state index contributed by atoms with van der Waals surface area (Å²) in [4.78, 5) is 11.3. The van der Waals surface area contributed by atoms with E-state index in [1.807, 2.05) is 19.1 Å². The van der Waals surface area contributed by atoms with Crippen molar-refractivity contribution in [2.45, 2.75) is 18.7 Å². The van der Waals surface area contributed by atoms with Crippen LogP contribution in [0.15, 0.2) is 24.3 Å². The highest BCUT2D eigenvalue weighted by molar-refractivity contribution is 5.89. The van der Waals surface area contributed by atoms with Crippen LogP contribution in [-0.4, -0.2) is 36.9 Å². The Kier molecular flexibility index (Phi) is 3.65. The summed E-state index contributed by atoms with van der Waals surface area (Å²) in [7, 11) is 1.35. The minimum Gasteiger partial charge on any atom is -0.465 e. The van der Waals surface area contributed by atoms with Gasteiger partial charge in [-0.1, -0.05) is 12.1 Å². The van der Waals surface area contributed by atoms with E-state index in [0.717, 1.165) is 5.56 Å². The first-order chi connectivity index (χ1) is 8.58. The summed E-state index contributed by atoms with van der Waals surface area (Å²) in [6, 6.07) is 7.02. The summed E-state index contributed by atoms with van der Waals surface area (Å²) < 4.78 is 10.2. The Balaban J connectivity index is 2.09. The average Bonchev–Trinajstić information content (AvgIpc) is 2.81. The Morgan fingerprint density at radius 3 is 2.72 bits per heavy atom. The van der Waals surface area contributed by atoms with Crippen molar-refractivity contribution in [3.8, 4) is 0 Å². The van der Waals surface area contributed by atoms with Crippen molar-refractivity contribution in [1.29, 1.82) is 0 Å². The summed E-state index contributed by atoms with van der Waals surface area (Å²) in [6.07, 6.45) is -0.256. The van der Waals surface area contributed by atoms with Crippen LogP contribution in [0.2, 0.25) is 0 Å². The Morgan fingerprint density at radius 1 is 1.56 bits per heavy atom. The summed E-state index contributed by atoms with van der Waals surface area (Å²) in [5.41, 5.74) is 1.01. The van der Waals surface area contributed by atoms with E-state index in [1.54, 1.807) is 12.1 Å². The van der Waals surface area contributed by atoms with Crippen molar-refractivity contribution in [2.24, 2.45) is 0 Å². The maximum absolute atomic E-state index is 11.3. The van der Waals surface area contributed by atoms with Crippen molar-refractivity contribution in [3.63, 3.8) is 0 Å². The molecule has 2 atom stereocenters. The topological polar surface area (TPSA) is 67.8 Å². The third-order valence-corrected chi connectivity index (χ3v) is 3.03. The molecule has 1 saturated heterocycles. The summed E-state index contributed by atoms with van der Waals surface area (Å²) >= 11 is 0. The third-order valence-electron chi connectivity index (χ3n) is 3.03. The lowest BCUT2D eigenvalue weighted by Crippen LogP contribution is -2.43. The molecule has 0 bridgehead atoms. The molecule has 5 nitrogen and oxygen atoms in total. The van der Waals surface area contributed by atoms with Gasteiger partial charge in [-0.3, -0.25) is 5.32 Å². The zero-order valence-corrected chi connectivity index (χ0v) is 10.5. The smallest absolute Gasteiger partial charge is 0.337 e. The number of methoxy groups -OCH3 is 1. The summed E-state index contributed by atoms with van der Waals surface area (Å²) in [6.45, 7) is 2.37. The number of carbonyl (C=O) groups is 1. The van der Waals surface area contributed by atoms with E-state index in [9.17, 15) is 9.90 Å². The molecular formula is C13H17NO4. The predicted octanol–water partition coefficient (Wildman–Crippen LogP) is 0.843. The van der Waals surface area contributed by atoms with Gasteiger partial charge in [0.15, 0.2) is 0 Å². The van der Waals surface area contributed by atoms with Crippen LogP contribution < -0.4 is 5.32 Å². The molecule has 0 unspecified atom stereocenters. The molecule has 18 heavy (non-hydrogen) atoms. The highest BCUT2D eigenvalue weighted by Crippen LogP contribution is 2.26. The molecule has 1 aromatic carbocycles. The fourth-order valence-electron chi connectivity index (χ4n) is 1.85. The normalized spacial score (nSPS) is 27.2. The van der Waals surface area contributed by atoms with Crippen LogP contribution in [0.3, 0.4) is 0 Å². The maximum atomic E-state index is 11.3. The first-order valence-electron chi connectivity index (χ1n) is 5.76. The Labute approximate surface area is 106 Å². The van der Waals surface area contributed by atoms with Gasteiger partial charge in [0, 0.05) is 0 Å². The minimum absolute atomic E-state index is 0.0176. The number of nitrogens with one attached hydrogen (secondary N) is 1. The highest BCUT2D eigenvalue weighted by atomic mass is 16.5. The van der Waals surface area contributed by atoms with E-state index in [4.69, 9.17) is 4.74 Å². The molecule has 98 valence electrons. The number of aliphatic hydroxyl groups is 1. The first-order valence-corrected chi connectivity index (χ1v) is 5.76. The number of hydrogen-bond donors (Lipinski definition) is 2. The zero-order chi connectivity index (χ0) is 13.2. The molecule has 2 N–H and O–H groups in total. The van der Waals surface area contributed by atoms with Gasteiger partial charge in [-0.05, 0) is 24.6 Å². The van der Waals surface area contributed by atoms with Gasteiger partial charge in [0.2, 0.25) is 0 Å². The molecule has 0 aliphatic carbocycles. The molecule has 1 aliphatic rings. The molecule has 1 aromatic rings. The van der Waals surface area contributed by atoms with Crippen molar-refractivity contribution >= 4 is 5.97 Å². The van der Waals surface area contributed by atoms with E-state index in [-0.39, 0.29) is 18.8 Å².